The number of carbonyl (C=O) groups is 3. The van der Waals surface area contributed by atoms with Gasteiger partial charge in [0.15, 0.2) is 0 Å². The quantitative estimate of drug-likeness (QED) is 0.627. The van der Waals surface area contributed by atoms with Gasteiger partial charge in [-0.3, -0.25) is 14.4 Å². The van der Waals surface area contributed by atoms with E-state index in [9.17, 15) is 14.4 Å². The van der Waals surface area contributed by atoms with E-state index in [1.165, 1.54) is 0 Å². The van der Waals surface area contributed by atoms with Gasteiger partial charge in [0, 0.05) is 48.9 Å². The summed E-state index contributed by atoms with van der Waals surface area (Å²) in [5.74, 6) is -0.218. The van der Waals surface area contributed by atoms with Gasteiger partial charge in [-0.2, -0.15) is 0 Å². The number of amides is 3. The summed E-state index contributed by atoms with van der Waals surface area (Å²) in [6, 6.07) is 15.9. The van der Waals surface area contributed by atoms with E-state index in [1.54, 1.807) is 41.3 Å². The van der Waals surface area contributed by atoms with Gasteiger partial charge in [-0.25, -0.2) is 0 Å². The fourth-order valence-corrected chi connectivity index (χ4v) is 4.40. The Morgan fingerprint density at radius 3 is 2.15 bits per heavy atom. The van der Waals surface area contributed by atoms with E-state index in [0.29, 0.717) is 49.3 Å². The fraction of sp³-hybridized carbons (Fsp3) is 0.444. The van der Waals surface area contributed by atoms with Crippen molar-refractivity contribution in [1.82, 2.24) is 15.1 Å². The highest BCUT2D eigenvalue weighted by Crippen LogP contribution is 2.21. The van der Waals surface area contributed by atoms with Crippen LogP contribution in [0.1, 0.15) is 47.4 Å². The van der Waals surface area contributed by atoms with Crippen LogP contribution in [-0.2, 0) is 4.79 Å². The van der Waals surface area contributed by atoms with E-state index in [0.717, 1.165) is 6.54 Å². The van der Waals surface area contributed by atoms with Crippen molar-refractivity contribution in [2.45, 2.75) is 26.7 Å². The van der Waals surface area contributed by atoms with Crippen molar-refractivity contribution in [3.8, 4) is 0 Å². The van der Waals surface area contributed by atoms with Crippen LogP contribution >= 0.6 is 0 Å². The summed E-state index contributed by atoms with van der Waals surface area (Å²) >= 11 is 0. The van der Waals surface area contributed by atoms with Crippen molar-refractivity contribution in [3.05, 3.63) is 65.7 Å². The lowest BCUT2D eigenvalue weighted by Crippen LogP contribution is -2.46. The summed E-state index contributed by atoms with van der Waals surface area (Å²) in [6.07, 6.45) is 1.33. The van der Waals surface area contributed by atoms with Crippen molar-refractivity contribution in [1.29, 1.82) is 0 Å². The number of piperidine rings is 1. The number of nitrogens with zero attached hydrogens (tertiary/aromatic N) is 2. The van der Waals surface area contributed by atoms with Gasteiger partial charge in [-0.15, -0.1) is 0 Å². The molecule has 0 spiro atoms. The third-order valence-corrected chi connectivity index (χ3v) is 6.06. The highest BCUT2D eigenvalue weighted by Gasteiger charge is 2.29. The van der Waals surface area contributed by atoms with E-state index in [2.05, 4.69) is 29.4 Å². The molecule has 1 fully saturated rings. The standard InChI is InChI=1S/C27H36N4O3/c1-27(2,19-30(3)4)18-28-24(32)21-14-16-31(17-15-21)26(34)22-10-12-23(13-11-22)29-25(33)20-8-6-5-7-9-20/h5-13,21H,14-19H2,1-4H3,(H,28,32)(H,29,33). The maximum atomic E-state index is 12.9. The largest absolute Gasteiger partial charge is 0.355 e. The van der Waals surface area contributed by atoms with Gasteiger partial charge in [0.1, 0.15) is 0 Å². The zero-order valence-electron chi connectivity index (χ0n) is 20.6. The molecule has 7 nitrogen and oxygen atoms in total. The third-order valence-electron chi connectivity index (χ3n) is 6.06. The summed E-state index contributed by atoms with van der Waals surface area (Å²) < 4.78 is 0. The average molecular weight is 465 g/mol. The topological polar surface area (TPSA) is 81.8 Å². The van der Waals surface area contributed by atoms with Crippen molar-refractivity contribution in [3.63, 3.8) is 0 Å². The maximum absolute atomic E-state index is 12.9. The normalized spacial score (nSPS) is 14.7. The van der Waals surface area contributed by atoms with Gasteiger partial charge in [0.05, 0.1) is 0 Å². The Hall–Kier alpha value is -3.19. The Balaban J connectivity index is 1.47. The van der Waals surface area contributed by atoms with Crippen LogP contribution in [0.2, 0.25) is 0 Å². The van der Waals surface area contributed by atoms with Gasteiger partial charge >= 0.3 is 0 Å². The molecule has 3 rings (SSSR count). The van der Waals surface area contributed by atoms with Crippen LogP contribution in [-0.4, -0.2) is 67.8 Å². The van der Waals surface area contributed by atoms with Gasteiger partial charge < -0.3 is 20.4 Å². The molecule has 0 bridgehead atoms. The molecule has 1 saturated heterocycles. The summed E-state index contributed by atoms with van der Waals surface area (Å²) in [6.45, 7) is 6.94. The number of carbonyl (C=O) groups excluding carboxylic acids is 3. The first-order chi connectivity index (χ1) is 16.1. The van der Waals surface area contributed by atoms with Crippen LogP contribution in [0.25, 0.3) is 0 Å². The van der Waals surface area contributed by atoms with Crippen LogP contribution in [0.4, 0.5) is 5.69 Å². The SMILES string of the molecule is CN(C)CC(C)(C)CNC(=O)C1CCN(C(=O)c2ccc(NC(=O)c3ccccc3)cc2)CC1. The zero-order valence-corrected chi connectivity index (χ0v) is 20.6. The van der Waals surface area contributed by atoms with Gasteiger partial charge in [-0.05, 0) is 68.8 Å². The average Bonchev–Trinajstić information content (AvgIpc) is 2.82. The summed E-state index contributed by atoms with van der Waals surface area (Å²) in [5.41, 5.74) is 1.79. The van der Waals surface area contributed by atoms with Gasteiger partial charge in [0.25, 0.3) is 11.8 Å². The molecular formula is C27H36N4O3. The van der Waals surface area contributed by atoms with Crippen LogP contribution in [0.5, 0.6) is 0 Å². The van der Waals surface area contributed by atoms with Crippen molar-refractivity contribution in [2.24, 2.45) is 11.3 Å². The Morgan fingerprint density at radius 2 is 1.56 bits per heavy atom. The molecular weight excluding hydrogens is 428 g/mol. The molecule has 3 amide bonds. The molecule has 0 saturated carbocycles. The van der Waals surface area contributed by atoms with Crippen molar-refractivity contribution >= 4 is 23.4 Å². The first kappa shape index (κ1) is 25.4. The minimum atomic E-state index is -0.190. The van der Waals surface area contributed by atoms with E-state index in [1.807, 2.05) is 32.3 Å². The van der Waals surface area contributed by atoms with Crippen molar-refractivity contribution < 1.29 is 14.4 Å². The smallest absolute Gasteiger partial charge is 0.255 e. The fourth-order valence-electron chi connectivity index (χ4n) is 4.40. The summed E-state index contributed by atoms with van der Waals surface area (Å²) in [4.78, 5) is 41.8. The molecule has 0 radical (unpaired) electrons. The second-order valence-corrected chi connectivity index (χ2v) is 10.1. The second-order valence-electron chi connectivity index (χ2n) is 10.1. The molecule has 182 valence electrons. The predicted molar refractivity (Wildman–Crippen MR) is 135 cm³/mol. The van der Waals surface area contributed by atoms with Gasteiger partial charge in [-0.1, -0.05) is 32.0 Å². The molecule has 1 heterocycles. The predicted octanol–water partition coefficient (Wildman–Crippen LogP) is 3.50. The first-order valence-corrected chi connectivity index (χ1v) is 11.8. The Kier molecular flexibility index (Phi) is 8.45. The van der Waals surface area contributed by atoms with Crippen molar-refractivity contribution in [2.75, 3.05) is 45.6 Å². The lowest BCUT2D eigenvalue weighted by Gasteiger charge is -2.33. The molecule has 2 N–H and O–H groups in total. The molecule has 0 atom stereocenters. The highest BCUT2D eigenvalue weighted by molar-refractivity contribution is 6.04. The van der Waals surface area contributed by atoms with Gasteiger partial charge in [0.2, 0.25) is 5.91 Å². The molecule has 7 heteroatoms. The van der Waals surface area contributed by atoms with Crippen LogP contribution in [0.15, 0.2) is 54.6 Å². The Labute approximate surface area is 202 Å². The van der Waals surface area contributed by atoms with Crippen LogP contribution in [0.3, 0.4) is 0 Å². The third kappa shape index (κ3) is 7.15. The Morgan fingerprint density at radius 1 is 0.941 bits per heavy atom. The number of hydrogen-bond acceptors (Lipinski definition) is 4. The lowest BCUT2D eigenvalue weighted by molar-refractivity contribution is -0.126. The molecule has 2 aromatic carbocycles. The number of benzene rings is 2. The maximum Gasteiger partial charge on any atom is 0.255 e. The monoisotopic (exact) mass is 464 g/mol. The number of likely N-dealkylation sites (tertiary alicyclic amines) is 1. The number of anilines is 1. The summed E-state index contributed by atoms with van der Waals surface area (Å²) in [5, 5.41) is 5.95. The summed E-state index contributed by atoms with van der Waals surface area (Å²) in [7, 11) is 4.06. The lowest BCUT2D eigenvalue weighted by atomic mass is 9.91. The number of nitrogens with one attached hydrogen (secondary N) is 2. The van der Waals surface area contributed by atoms with E-state index >= 15 is 0 Å². The van der Waals surface area contributed by atoms with E-state index in [4.69, 9.17) is 0 Å². The highest BCUT2D eigenvalue weighted by atomic mass is 16.2. The minimum absolute atomic E-state index is 0.00254. The van der Waals surface area contributed by atoms with E-state index in [-0.39, 0.29) is 29.1 Å². The van der Waals surface area contributed by atoms with Crippen LogP contribution < -0.4 is 10.6 Å². The van der Waals surface area contributed by atoms with E-state index < -0.39 is 0 Å². The molecule has 1 aliphatic heterocycles. The Bertz CT molecular complexity index is 979. The first-order valence-electron chi connectivity index (χ1n) is 11.8. The number of rotatable bonds is 8. The molecule has 0 unspecified atom stereocenters. The molecule has 2 aromatic rings. The number of hydrogen-bond donors (Lipinski definition) is 2. The molecule has 0 aromatic heterocycles. The van der Waals surface area contributed by atoms with Crippen LogP contribution in [0, 0.1) is 11.3 Å². The molecule has 1 aliphatic rings. The minimum Gasteiger partial charge on any atom is -0.355 e. The second kappa shape index (κ2) is 11.3. The molecule has 34 heavy (non-hydrogen) atoms. The molecule has 0 aliphatic carbocycles. The zero-order chi connectivity index (χ0) is 24.7.